The van der Waals surface area contributed by atoms with Crippen molar-refractivity contribution < 1.29 is 4.79 Å². The molecule has 7 rings (SSSR count). The predicted molar refractivity (Wildman–Crippen MR) is 162 cm³/mol. The molecule has 0 amide bonds. The third-order valence-corrected chi connectivity index (χ3v) is 9.18. The van der Waals surface area contributed by atoms with Crippen molar-refractivity contribution in [2.24, 2.45) is 5.92 Å². The van der Waals surface area contributed by atoms with Crippen LogP contribution in [0.3, 0.4) is 0 Å². The van der Waals surface area contributed by atoms with Gasteiger partial charge in [0.05, 0.1) is 11.4 Å². The molecule has 0 spiro atoms. The Balaban J connectivity index is 1.42. The minimum absolute atomic E-state index is 0.00442. The highest BCUT2D eigenvalue weighted by Gasteiger charge is 2.42. The molecule has 3 aliphatic rings. The normalized spacial score (nSPS) is 19.4. The van der Waals surface area contributed by atoms with Gasteiger partial charge in [0, 0.05) is 22.4 Å². The van der Waals surface area contributed by atoms with Crippen molar-refractivity contribution in [1.29, 1.82) is 0 Å². The highest BCUT2D eigenvalue weighted by Crippen LogP contribution is 2.57. The zero-order valence-electron chi connectivity index (χ0n) is 23.0. The number of para-hydroxylation sites is 2. The number of anilines is 3. The van der Waals surface area contributed by atoms with E-state index in [4.69, 9.17) is 0 Å². The van der Waals surface area contributed by atoms with Crippen molar-refractivity contribution in [3.8, 4) is 11.1 Å². The fourth-order valence-corrected chi connectivity index (χ4v) is 6.91. The molecular formula is C37H33NO. The summed E-state index contributed by atoms with van der Waals surface area (Å²) in [7, 11) is 0. The monoisotopic (exact) mass is 507 g/mol. The Morgan fingerprint density at radius 3 is 2.18 bits per heavy atom. The molecule has 0 saturated carbocycles. The predicted octanol–water partition coefficient (Wildman–Crippen LogP) is 9.26. The average Bonchev–Trinajstić information content (AvgIpc) is 3.18. The third-order valence-electron chi connectivity index (χ3n) is 9.18. The minimum Gasteiger partial charge on any atom is -0.310 e. The van der Waals surface area contributed by atoms with Crippen LogP contribution in [0.2, 0.25) is 0 Å². The molecule has 4 aromatic rings. The van der Waals surface area contributed by atoms with Crippen LogP contribution in [-0.2, 0) is 15.6 Å². The summed E-state index contributed by atoms with van der Waals surface area (Å²) in [6.07, 6.45) is 8.14. The second-order valence-corrected chi connectivity index (χ2v) is 12.2. The van der Waals surface area contributed by atoms with Crippen molar-refractivity contribution in [2.75, 3.05) is 4.90 Å². The van der Waals surface area contributed by atoms with Crippen LogP contribution >= 0.6 is 0 Å². The lowest BCUT2D eigenvalue weighted by atomic mass is 9.72. The highest BCUT2D eigenvalue weighted by atomic mass is 16.1. The summed E-state index contributed by atoms with van der Waals surface area (Å²) in [6.45, 7) is 9.43. The van der Waals surface area contributed by atoms with E-state index in [-0.39, 0.29) is 16.7 Å². The van der Waals surface area contributed by atoms with Crippen LogP contribution in [0, 0.1) is 5.92 Å². The summed E-state index contributed by atoms with van der Waals surface area (Å²) in [5.41, 5.74) is 14.0. The van der Waals surface area contributed by atoms with E-state index in [2.05, 4.69) is 130 Å². The Labute approximate surface area is 231 Å². The molecule has 0 aromatic heterocycles. The Kier molecular flexibility index (Phi) is 5.16. The number of hydrogen-bond acceptors (Lipinski definition) is 2. The minimum atomic E-state index is -0.135. The van der Waals surface area contributed by atoms with Crippen molar-refractivity contribution in [3.63, 3.8) is 0 Å². The van der Waals surface area contributed by atoms with Gasteiger partial charge in [-0.3, -0.25) is 0 Å². The van der Waals surface area contributed by atoms with Crippen LogP contribution < -0.4 is 4.90 Å². The number of fused-ring (bicyclic) bond motifs is 5. The lowest BCUT2D eigenvalue weighted by molar-refractivity contribution is -0.109. The molecule has 0 N–H and O–H groups in total. The molecule has 2 heteroatoms. The second kappa shape index (κ2) is 8.41. The van der Waals surface area contributed by atoms with Crippen LogP contribution in [0.15, 0.2) is 103 Å². The molecule has 192 valence electrons. The summed E-state index contributed by atoms with van der Waals surface area (Å²) in [4.78, 5) is 13.7. The van der Waals surface area contributed by atoms with Crippen LogP contribution in [0.4, 0.5) is 17.1 Å². The van der Waals surface area contributed by atoms with E-state index in [0.717, 1.165) is 12.7 Å². The fraction of sp³-hybridized carbons (Fsp3) is 0.216. The zero-order chi connectivity index (χ0) is 26.9. The van der Waals surface area contributed by atoms with Gasteiger partial charge in [0.15, 0.2) is 0 Å². The van der Waals surface area contributed by atoms with Gasteiger partial charge in [-0.25, -0.2) is 0 Å². The Bertz CT molecular complexity index is 1700. The summed E-state index contributed by atoms with van der Waals surface area (Å²) in [5.74, 6) is -0.00442. The van der Waals surface area contributed by atoms with Crippen LogP contribution in [0.25, 0.3) is 16.7 Å². The molecule has 4 aromatic carbocycles. The molecule has 1 unspecified atom stereocenters. The van der Waals surface area contributed by atoms with E-state index in [1.165, 1.54) is 61.6 Å². The Morgan fingerprint density at radius 1 is 0.718 bits per heavy atom. The molecule has 2 aliphatic carbocycles. The van der Waals surface area contributed by atoms with E-state index in [1.54, 1.807) is 0 Å². The Hall–Kier alpha value is -4.17. The van der Waals surface area contributed by atoms with Gasteiger partial charge in [0.1, 0.15) is 6.29 Å². The second-order valence-electron chi connectivity index (χ2n) is 12.2. The van der Waals surface area contributed by atoms with Gasteiger partial charge >= 0.3 is 0 Å². The summed E-state index contributed by atoms with van der Waals surface area (Å²) >= 11 is 0. The average molecular weight is 508 g/mol. The lowest BCUT2D eigenvalue weighted by Gasteiger charge is -2.42. The molecule has 0 radical (unpaired) electrons. The first kappa shape index (κ1) is 23.9. The smallest absolute Gasteiger partial charge is 0.127 e. The summed E-state index contributed by atoms with van der Waals surface area (Å²) < 4.78 is 0. The van der Waals surface area contributed by atoms with Crippen LogP contribution in [0.5, 0.6) is 0 Å². The van der Waals surface area contributed by atoms with Gasteiger partial charge in [-0.2, -0.15) is 0 Å². The van der Waals surface area contributed by atoms with E-state index < -0.39 is 0 Å². The van der Waals surface area contributed by atoms with Gasteiger partial charge in [0.2, 0.25) is 0 Å². The molecular weight excluding hydrogens is 474 g/mol. The molecule has 39 heavy (non-hydrogen) atoms. The SMILES string of the molecule is CC1(C)c2cc(C3=CCC(C=O)C=C3)ccc2-c2cc3c(cc21)N(c1ccccc1)c1ccccc1C3(C)C. The third kappa shape index (κ3) is 3.44. The number of aldehydes is 1. The van der Waals surface area contributed by atoms with Crippen molar-refractivity contribution in [2.45, 2.75) is 44.9 Å². The maximum Gasteiger partial charge on any atom is 0.127 e. The van der Waals surface area contributed by atoms with E-state index in [1.807, 2.05) is 6.08 Å². The maximum atomic E-state index is 11.2. The quantitative estimate of drug-likeness (QED) is 0.258. The number of rotatable bonds is 3. The Morgan fingerprint density at radius 2 is 1.44 bits per heavy atom. The van der Waals surface area contributed by atoms with E-state index in [9.17, 15) is 4.79 Å². The number of carbonyl (C=O) groups excluding carboxylic acids is 1. The molecule has 2 nitrogen and oxygen atoms in total. The number of nitrogens with zero attached hydrogens (tertiary/aromatic N) is 1. The van der Waals surface area contributed by atoms with Crippen molar-refractivity contribution in [3.05, 3.63) is 131 Å². The topological polar surface area (TPSA) is 20.3 Å². The number of carbonyl (C=O) groups is 1. The molecule has 1 aliphatic heterocycles. The number of hydrogen-bond donors (Lipinski definition) is 0. The van der Waals surface area contributed by atoms with E-state index >= 15 is 0 Å². The lowest BCUT2D eigenvalue weighted by Crippen LogP contribution is -2.31. The van der Waals surface area contributed by atoms with Crippen molar-refractivity contribution in [1.82, 2.24) is 0 Å². The van der Waals surface area contributed by atoms with Gasteiger partial charge in [-0.05, 0) is 87.3 Å². The molecule has 0 saturated heterocycles. The van der Waals surface area contributed by atoms with Crippen LogP contribution in [-0.4, -0.2) is 6.29 Å². The zero-order valence-corrected chi connectivity index (χ0v) is 23.0. The highest BCUT2D eigenvalue weighted by molar-refractivity contribution is 5.92. The fourth-order valence-electron chi connectivity index (χ4n) is 6.91. The molecule has 1 heterocycles. The maximum absolute atomic E-state index is 11.2. The molecule has 1 atom stereocenters. The molecule has 0 fully saturated rings. The first-order valence-electron chi connectivity index (χ1n) is 13.9. The summed E-state index contributed by atoms with van der Waals surface area (Å²) in [6, 6.07) is 31.5. The molecule has 0 bridgehead atoms. The largest absolute Gasteiger partial charge is 0.310 e. The number of benzene rings is 4. The first-order chi connectivity index (χ1) is 18.8. The standard InChI is InChI=1S/C37H33NO/c1-36(2)30-12-8-9-13-34(30)38(27-10-6-5-7-11-27)35-22-32-29(21-33(35)36)28-19-18-26(20-31(28)37(32,3)4)25-16-14-24(23-39)15-17-25/h5-14,16-24H,15H2,1-4H3. The van der Waals surface area contributed by atoms with Crippen LogP contribution in [0.1, 0.15) is 61.9 Å². The van der Waals surface area contributed by atoms with Gasteiger partial charge in [-0.15, -0.1) is 0 Å². The summed E-state index contributed by atoms with van der Waals surface area (Å²) in [5, 5.41) is 0. The van der Waals surface area contributed by atoms with Crippen molar-refractivity contribution >= 4 is 28.9 Å². The first-order valence-corrected chi connectivity index (χ1v) is 13.9. The van der Waals surface area contributed by atoms with Gasteiger partial charge < -0.3 is 9.69 Å². The number of allylic oxidation sites excluding steroid dienone is 4. The van der Waals surface area contributed by atoms with Gasteiger partial charge in [0.25, 0.3) is 0 Å². The van der Waals surface area contributed by atoms with E-state index in [0.29, 0.717) is 0 Å². The van der Waals surface area contributed by atoms with Gasteiger partial charge in [-0.1, -0.05) is 94.5 Å².